The first-order valence-electron chi connectivity index (χ1n) is 7.33. The van der Waals surface area contributed by atoms with Gasteiger partial charge < -0.3 is 4.98 Å². The zero-order valence-corrected chi connectivity index (χ0v) is 12.0. The third-order valence-electron chi connectivity index (χ3n) is 5.57. The molecule has 0 spiro atoms. The second-order valence-electron chi connectivity index (χ2n) is 7.01. The molecule has 0 aliphatic heterocycles. The first-order valence-corrected chi connectivity index (χ1v) is 7.70. The number of nitrogens with zero attached hydrogens (tertiary/aromatic N) is 1. The van der Waals surface area contributed by atoms with Crippen LogP contribution in [0.5, 0.6) is 0 Å². The highest BCUT2D eigenvalue weighted by Crippen LogP contribution is 2.60. The van der Waals surface area contributed by atoms with E-state index >= 15 is 0 Å². The van der Waals surface area contributed by atoms with Crippen LogP contribution in [0.4, 0.5) is 0 Å². The fourth-order valence-corrected chi connectivity index (χ4v) is 5.31. The highest BCUT2D eigenvalue weighted by atomic mass is 35.5. The molecular formula is C15H19ClN2O. The van der Waals surface area contributed by atoms with E-state index in [0.717, 1.165) is 23.6 Å². The van der Waals surface area contributed by atoms with Crippen LogP contribution >= 0.6 is 11.6 Å². The minimum Gasteiger partial charge on any atom is -0.309 e. The SMILES string of the molecule is Cc1nc(C23CC4CC(CC(C4)C2)C3)[nH]c(=O)c1Cl. The summed E-state index contributed by atoms with van der Waals surface area (Å²) in [5.41, 5.74) is 0.652. The van der Waals surface area contributed by atoms with E-state index in [9.17, 15) is 4.79 Å². The van der Waals surface area contributed by atoms with Crippen molar-refractivity contribution in [3.8, 4) is 0 Å². The molecule has 1 aromatic rings. The van der Waals surface area contributed by atoms with Gasteiger partial charge in [0.2, 0.25) is 0 Å². The van der Waals surface area contributed by atoms with E-state index < -0.39 is 0 Å². The quantitative estimate of drug-likeness (QED) is 0.857. The van der Waals surface area contributed by atoms with Crippen LogP contribution in [0.3, 0.4) is 0 Å². The van der Waals surface area contributed by atoms with Gasteiger partial charge in [0.05, 0.1) is 5.69 Å². The Bertz CT molecular complexity index is 557. The van der Waals surface area contributed by atoms with Gasteiger partial charge in [-0.3, -0.25) is 4.79 Å². The molecular weight excluding hydrogens is 260 g/mol. The van der Waals surface area contributed by atoms with Gasteiger partial charge in [-0.2, -0.15) is 0 Å². The Hall–Kier alpha value is -0.830. The van der Waals surface area contributed by atoms with Gasteiger partial charge in [0.25, 0.3) is 5.56 Å². The maximum Gasteiger partial charge on any atom is 0.269 e. The molecule has 4 bridgehead atoms. The van der Waals surface area contributed by atoms with E-state index in [0.29, 0.717) is 5.69 Å². The normalized spacial score (nSPS) is 39.8. The summed E-state index contributed by atoms with van der Waals surface area (Å²) in [5, 5.41) is 0.244. The van der Waals surface area contributed by atoms with Gasteiger partial charge in [-0.1, -0.05) is 11.6 Å². The van der Waals surface area contributed by atoms with Gasteiger partial charge in [0, 0.05) is 5.41 Å². The van der Waals surface area contributed by atoms with Crippen LogP contribution in [0.15, 0.2) is 4.79 Å². The molecule has 4 aliphatic carbocycles. The summed E-state index contributed by atoms with van der Waals surface area (Å²) < 4.78 is 0. The molecule has 19 heavy (non-hydrogen) atoms. The zero-order chi connectivity index (χ0) is 13.2. The molecule has 0 aromatic carbocycles. The maximum absolute atomic E-state index is 11.9. The van der Waals surface area contributed by atoms with Gasteiger partial charge in [0.1, 0.15) is 10.8 Å². The van der Waals surface area contributed by atoms with E-state index in [4.69, 9.17) is 11.6 Å². The summed E-state index contributed by atoms with van der Waals surface area (Å²) in [4.78, 5) is 19.5. The Labute approximate surface area is 117 Å². The molecule has 0 radical (unpaired) electrons. The van der Waals surface area contributed by atoms with Crippen molar-refractivity contribution in [2.75, 3.05) is 0 Å². The van der Waals surface area contributed by atoms with E-state index in [-0.39, 0.29) is 16.0 Å². The standard InChI is InChI=1S/C15H19ClN2O/c1-8-12(16)13(19)18-14(17-8)15-5-9-2-10(6-15)4-11(3-9)7-15/h9-11H,2-7H2,1H3,(H,17,18,19). The van der Waals surface area contributed by atoms with Crippen LogP contribution in [0, 0.1) is 24.7 Å². The molecule has 5 rings (SSSR count). The smallest absolute Gasteiger partial charge is 0.269 e. The van der Waals surface area contributed by atoms with Crippen molar-refractivity contribution in [3.05, 3.63) is 26.9 Å². The largest absolute Gasteiger partial charge is 0.309 e. The third-order valence-corrected chi connectivity index (χ3v) is 6.01. The van der Waals surface area contributed by atoms with Gasteiger partial charge in [-0.15, -0.1) is 0 Å². The number of hydrogen-bond donors (Lipinski definition) is 1. The first kappa shape index (κ1) is 12.0. The Morgan fingerprint density at radius 2 is 1.68 bits per heavy atom. The van der Waals surface area contributed by atoms with E-state index in [2.05, 4.69) is 9.97 Å². The lowest BCUT2D eigenvalue weighted by atomic mass is 9.49. The number of hydrogen-bond acceptors (Lipinski definition) is 2. The number of H-pyrrole nitrogens is 1. The minimum atomic E-state index is -0.167. The summed E-state index contributed by atoms with van der Waals surface area (Å²) in [6.07, 6.45) is 7.83. The van der Waals surface area contributed by atoms with Crippen LogP contribution in [0.25, 0.3) is 0 Å². The molecule has 4 fully saturated rings. The topological polar surface area (TPSA) is 45.8 Å². The number of aromatic nitrogens is 2. The predicted molar refractivity (Wildman–Crippen MR) is 74.5 cm³/mol. The number of aryl methyl sites for hydroxylation is 1. The van der Waals surface area contributed by atoms with Crippen LogP contribution in [0.2, 0.25) is 5.02 Å². The number of halogens is 1. The first-order chi connectivity index (χ1) is 9.06. The Morgan fingerprint density at radius 3 is 2.16 bits per heavy atom. The summed E-state index contributed by atoms with van der Waals surface area (Å²) >= 11 is 5.95. The summed E-state index contributed by atoms with van der Waals surface area (Å²) in [6, 6.07) is 0. The van der Waals surface area contributed by atoms with E-state index in [1.807, 2.05) is 6.92 Å². The maximum atomic E-state index is 11.9. The third kappa shape index (κ3) is 1.70. The second-order valence-corrected chi connectivity index (χ2v) is 7.39. The van der Waals surface area contributed by atoms with Crippen molar-refractivity contribution in [2.45, 2.75) is 50.9 Å². The van der Waals surface area contributed by atoms with Crippen molar-refractivity contribution >= 4 is 11.6 Å². The van der Waals surface area contributed by atoms with Gasteiger partial charge in [-0.05, 0) is 63.2 Å². The molecule has 0 saturated heterocycles. The molecule has 1 heterocycles. The number of nitrogens with one attached hydrogen (secondary N) is 1. The average Bonchev–Trinajstić information content (AvgIpc) is 2.33. The Kier molecular flexibility index (Phi) is 2.42. The van der Waals surface area contributed by atoms with Crippen molar-refractivity contribution in [2.24, 2.45) is 17.8 Å². The minimum absolute atomic E-state index is 0.142. The molecule has 4 heteroatoms. The molecule has 0 unspecified atom stereocenters. The molecule has 0 amide bonds. The number of aromatic amines is 1. The Balaban J connectivity index is 1.82. The van der Waals surface area contributed by atoms with Crippen molar-refractivity contribution < 1.29 is 0 Å². The monoisotopic (exact) mass is 278 g/mol. The van der Waals surface area contributed by atoms with E-state index in [1.165, 1.54) is 38.5 Å². The molecule has 1 aromatic heterocycles. The van der Waals surface area contributed by atoms with Crippen LogP contribution in [-0.2, 0) is 5.41 Å². The second kappa shape index (κ2) is 3.85. The highest BCUT2D eigenvalue weighted by molar-refractivity contribution is 6.30. The fourth-order valence-electron chi connectivity index (χ4n) is 5.22. The molecule has 0 atom stereocenters. The van der Waals surface area contributed by atoms with Crippen LogP contribution in [0.1, 0.15) is 50.0 Å². The fraction of sp³-hybridized carbons (Fsp3) is 0.733. The van der Waals surface area contributed by atoms with Crippen molar-refractivity contribution in [3.63, 3.8) is 0 Å². The van der Waals surface area contributed by atoms with Gasteiger partial charge in [0.15, 0.2) is 0 Å². The average molecular weight is 279 g/mol. The van der Waals surface area contributed by atoms with Crippen LogP contribution < -0.4 is 5.56 Å². The molecule has 3 nitrogen and oxygen atoms in total. The van der Waals surface area contributed by atoms with Crippen LogP contribution in [-0.4, -0.2) is 9.97 Å². The Morgan fingerprint density at radius 1 is 1.16 bits per heavy atom. The van der Waals surface area contributed by atoms with Crippen molar-refractivity contribution in [1.29, 1.82) is 0 Å². The molecule has 102 valence electrons. The summed E-state index contributed by atoms with van der Waals surface area (Å²) in [5.74, 6) is 3.48. The lowest BCUT2D eigenvalue weighted by Gasteiger charge is -2.56. The predicted octanol–water partition coefficient (Wildman–Crippen LogP) is 3.20. The molecule has 1 N–H and O–H groups in total. The molecule has 4 saturated carbocycles. The summed E-state index contributed by atoms with van der Waals surface area (Å²) in [7, 11) is 0. The highest BCUT2D eigenvalue weighted by Gasteiger charge is 2.52. The van der Waals surface area contributed by atoms with Gasteiger partial charge >= 0.3 is 0 Å². The summed E-state index contributed by atoms with van der Waals surface area (Å²) in [6.45, 7) is 1.83. The zero-order valence-electron chi connectivity index (χ0n) is 11.2. The van der Waals surface area contributed by atoms with Gasteiger partial charge in [-0.25, -0.2) is 4.98 Å². The van der Waals surface area contributed by atoms with E-state index in [1.54, 1.807) is 0 Å². The molecule has 4 aliphatic rings. The number of rotatable bonds is 1. The lowest BCUT2D eigenvalue weighted by Crippen LogP contribution is -2.50. The van der Waals surface area contributed by atoms with Crippen molar-refractivity contribution in [1.82, 2.24) is 9.97 Å². The lowest BCUT2D eigenvalue weighted by molar-refractivity contribution is -0.00957.